The molecule has 0 N–H and O–H groups in total. The van der Waals surface area contributed by atoms with Gasteiger partial charge in [-0.1, -0.05) is 15.9 Å². The van der Waals surface area contributed by atoms with Crippen LogP contribution in [0.3, 0.4) is 0 Å². The molecule has 0 atom stereocenters. The van der Waals surface area contributed by atoms with Crippen LogP contribution < -0.4 is 4.90 Å². The van der Waals surface area contributed by atoms with E-state index in [2.05, 4.69) is 40.7 Å². The molecule has 1 aliphatic heterocycles. The molecule has 1 saturated heterocycles. The average Bonchev–Trinajstić information content (AvgIpc) is 2.27. The van der Waals surface area contributed by atoms with E-state index in [1.165, 1.54) is 0 Å². The molecule has 17 heavy (non-hydrogen) atoms. The molecule has 0 amide bonds. The van der Waals surface area contributed by atoms with Gasteiger partial charge in [-0.15, -0.1) is 0 Å². The maximum absolute atomic E-state index is 9.15. The van der Waals surface area contributed by atoms with Gasteiger partial charge >= 0.3 is 0 Å². The molecular weight excluding hydrogens is 280 g/mol. The van der Waals surface area contributed by atoms with Crippen LogP contribution >= 0.6 is 15.9 Å². The molecule has 1 fully saturated rings. The second-order valence-electron chi connectivity index (χ2n) is 4.80. The van der Waals surface area contributed by atoms with Crippen molar-refractivity contribution in [3.8, 4) is 6.07 Å². The number of anilines is 1. The molecule has 1 aromatic carbocycles. The second-order valence-corrected chi connectivity index (χ2v) is 5.72. The molecule has 0 aliphatic carbocycles. The predicted molar refractivity (Wildman–Crippen MR) is 71.1 cm³/mol. The van der Waals surface area contributed by atoms with Gasteiger partial charge in [0.05, 0.1) is 23.5 Å². The summed E-state index contributed by atoms with van der Waals surface area (Å²) in [5.41, 5.74) is 1.54. The van der Waals surface area contributed by atoms with E-state index in [9.17, 15) is 0 Å². The monoisotopic (exact) mass is 294 g/mol. The summed E-state index contributed by atoms with van der Waals surface area (Å²) in [6.07, 6.45) is 0. The molecule has 1 aliphatic rings. The fraction of sp³-hybridized carbons (Fsp3) is 0.462. The van der Waals surface area contributed by atoms with Crippen LogP contribution in [0.1, 0.15) is 19.4 Å². The van der Waals surface area contributed by atoms with E-state index in [0.29, 0.717) is 12.2 Å². The number of morpholine rings is 1. The first-order chi connectivity index (χ1) is 8.02. The summed E-state index contributed by atoms with van der Waals surface area (Å²) in [6.45, 7) is 6.48. The minimum absolute atomic E-state index is 0.159. The molecule has 1 aromatic rings. The first-order valence-electron chi connectivity index (χ1n) is 5.60. The highest BCUT2D eigenvalue weighted by Gasteiger charge is 2.28. The molecular formula is C13H15BrN2O. The molecule has 1 heterocycles. The van der Waals surface area contributed by atoms with E-state index in [-0.39, 0.29) is 5.60 Å². The quantitative estimate of drug-likeness (QED) is 0.799. The van der Waals surface area contributed by atoms with E-state index in [4.69, 9.17) is 10.00 Å². The summed E-state index contributed by atoms with van der Waals surface area (Å²) in [7, 11) is 0. The van der Waals surface area contributed by atoms with Crippen LogP contribution in [-0.2, 0) is 4.74 Å². The van der Waals surface area contributed by atoms with Gasteiger partial charge in [0.2, 0.25) is 0 Å². The third-order valence-electron chi connectivity index (χ3n) is 2.85. The standard InChI is InChI=1S/C13H15BrN2O/c1-13(2)9-16(5-6-17-13)12-7-11(14)4-3-10(12)8-15/h3-4,7H,5-6,9H2,1-2H3. The van der Waals surface area contributed by atoms with E-state index < -0.39 is 0 Å². The topological polar surface area (TPSA) is 36.3 Å². The van der Waals surface area contributed by atoms with Crippen LogP contribution in [0, 0.1) is 11.3 Å². The SMILES string of the molecule is CC1(C)CN(c2cc(Br)ccc2C#N)CCO1. The number of nitriles is 1. The van der Waals surface area contributed by atoms with Crippen molar-refractivity contribution in [3.63, 3.8) is 0 Å². The minimum Gasteiger partial charge on any atom is -0.372 e. The van der Waals surface area contributed by atoms with Crippen LogP contribution in [-0.4, -0.2) is 25.3 Å². The number of benzene rings is 1. The van der Waals surface area contributed by atoms with Crippen molar-refractivity contribution in [3.05, 3.63) is 28.2 Å². The molecule has 4 heteroatoms. The lowest BCUT2D eigenvalue weighted by atomic mass is 10.1. The second kappa shape index (κ2) is 4.67. The third kappa shape index (κ3) is 2.80. The average molecular weight is 295 g/mol. The van der Waals surface area contributed by atoms with Gasteiger partial charge in [0, 0.05) is 17.6 Å². The van der Waals surface area contributed by atoms with E-state index in [0.717, 1.165) is 23.2 Å². The third-order valence-corrected chi connectivity index (χ3v) is 3.34. The summed E-state index contributed by atoms with van der Waals surface area (Å²) in [6, 6.07) is 7.99. The maximum Gasteiger partial charge on any atom is 0.101 e. The van der Waals surface area contributed by atoms with Crippen molar-refractivity contribution < 1.29 is 4.74 Å². The highest BCUT2D eigenvalue weighted by atomic mass is 79.9. The van der Waals surface area contributed by atoms with Gasteiger partial charge in [0.25, 0.3) is 0 Å². The Balaban J connectivity index is 2.33. The Kier molecular flexibility index (Phi) is 3.41. The lowest BCUT2D eigenvalue weighted by Crippen LogP contribution is -2.48. The van der Waals surface area contributed by atoms with Crippen LogP contribution in [0.4, 0.5) is 5.69 Å². The fourth-order valence-electron chi connectivity index (χ4n) is 2.08. The zero-order chi connectivity index (χ0) is 12.5. The fourth-order valence-corrected chi connectivity index (χ4v) is 2.43. The number of nitrogens with zero attached hydrogens (tertiary/aromatic N) is 2. The summed E-state index contributed by atoms with van der Waals surface area (Å²) in [4.78, 5) is 2.22. The molecule has 0 spiro atoms. The molecule has 0 unspecified atom stereocenters. The minimum atomic E-state index is -0.159. The van der Waals surface area contributed by atoms with Crippen LogP contribution in [0.2, 0.25) is 0 Å². The molecule has 0 saturated carbocycles. The molecule has 0 radical (unpaired) electrons. The van der Waals surface area contributed by atoms with Gasteiger partial charge < -0.3 is 9.64 Å². The normalized spacial score (nSPS) is 18.8. The predicted octanol–water partition coefficient (Wildman–Crippen LogP) is 2.94. The Bertz CT molecular complexity index is 465. The first-order valence-corrected chi connectivity index (χ1v) is 6.40. The summed E-state index contributed by atoms with van der Waals surface area (Å²) in [5, 5.41) is 9.15. The Morgan fingerprint density at radius 3 is 2.88 bits per heavy atom. The van der Waals surface area contributed by atoms with Crippen molar-refractivity contribution >= 4 is 21.6 Å². The van der Waals surface area contributed by atoms with Crippen molar-refractivity contribution in [1.82, 2.24) is 0 Å². The van der Waals surface area contributed by atoms with Gasteiger partial charge in [0.1, 0.15) is 6.07 Å². The Morgan fingerprint density at radius 1 is 1.47 bits per heavy atom. The van der Waals surface area contributed by atoms with Gasteiger partial charge in [-0.05, 0) is 32.0 Å². The Hall–Kier alpha value is -1.05. The number of halogens is 1. The van der Waals surface area contributed by atoms with E-state index in [1.54, 1.807) is 0 Å². The van der Waals surface area contributed by atoms with Gasteiger partial charge in [-0.2, -0.15) is 5.26 Å². The zero-order valence-corrected chi connectivity index (χ0v) is 11.6. The van der Waals surface area contributed by atoms with Gasteiger partial charge in [0.15, 0.2) is 0 Å². The van der Waals surface area contributed by atoms with Crippen molar-refractivity contribution in [2.45, 2.75) is 19.4 Å². The number of rotatable bonds is 1. The highest BCUT2D eigenvalue weighted by molar-refractivity contribution is 9.10. The first kappa shape index (κ1) is 12.4. The smallest absolute Gasteiger partial charge is 0.101 e. The van der Waals surface area contributed by atoms with Crippen molar-refractivity contribution in [2.24, 2.45) is 0 Å². The van der Waals surface area contributed by atoms with Crippen molar-refractivity contribution in [1.29, 1.82) is 5.26 Å². The Morgan fingerprint density at radius 2 is 2.24 bits per heavy atom. The molecule has 2 rings (SSSR count). The van der Waals surface area contributed by atoms with E-state index >= 15 is 0 Å². The number of ether oxygens (including phenoxy) is 1. The maximum atomic E-state index is 9.15. The summed E-state index contributed by atoms with van der Waals surface area (Å²) >= 11 is 3.45. The van der Waals surface area contributed by atoms with Crippen LogP contribution in [0.15, 0.2) is 22.7 Å². The van der Waals surface area contributed by atoms with Crippen molar-refractivity contribution in [2.75, 3.05) is 24.6 Å². The molecule has 3 nitrogen and oxygen atoms in total. The largest absolute Gasteiger partial charge is 0.372 e. The lowest BCUT2D eigenvalue weighted by Gasteiger charge is -2.39. The molecule has 90 valence electrons. The zero-order valence-electron chi connectivity index (χ0n) is 10.0. The number of hydrogen-bond acceptors (Lipinski definition) is 3. The van der Waals surface area contributed by atoms with Gasteiger partial charge in [-0.25, -0.2) is 0 Å². The summed E-state index contributed by atoms with van der Waals surface area (Å²) in [5.74, 6) is 0. The number of hydrogen-bond donors (Lipinski definition) is 0. The highest BCUT2D eigenvalue weighted by Crippen LogP contribution is 2.28. The Labute approximate surface area is 110 Å². The van der Waals surface area contributed by atoms with E-state index in [1.807, 2.05) is 18.2 Å². The summed E-state index contributed by atoms with van der Waals surface area (Å²) < 4.78 is 6.68. The molecule has 0 bridgehead atoms. The van der Waals surface area contributed by atoms with Crippen LogP contribution in [0.5, 0.6) is 0 Å². The molecule has 0 aromatic heterocycles. The van der Waals surface area contributed by atoms with Crippen LogP contribution in [0.25, 0.3) is 0 Å². The van der Waals surface area contributed by atoms with Gasteiger partial charge in [-0.3, -0.25) is 0 Å². The lowest BCUT2D eigenvalue weighted by molar-refractivity contribution is -0.0277.